The molecule has 1 fully saturated rings. The molecule has 1 saturated heterocycles. The lowest BCUT2D eigenvalue weighted by molar-refractivity contribution is -0.133. The first-order valence-corrected chi connectivity index (χ1v) is 9.15. The lowest BCUT2D eigenvalue weighted by Crippen LogP contribution is -2.40. The van der Waals surface area contributed by atoms with Gasteiger partial charge >= 0.3 is 0 Å². The summed E-state index contributed by atoms with van der Waals surface area (Å²) in [5, 5.41) is 12.1. The Morgan fingerprint density at radius 3 is 3.04 bits per heavy atom. The molecule has 2 aromatic heterocycles. The summed E-state index contributed by atoms with van der Waals surface area (Å²) >= 11 is 0. The molecular formula is C19H24N6O. The first kappa shape index (κ1) is 16.6. The van der Waals surface area contributed by atoms with Crippen LogP contribution in [0.25, 0.3) is 10.9 Å². The SMILES string of the molecule is CNc1ccc2c(ccn2C2CCCN(C(=O)CCn3ccnn3)C2)c1. The minimum atomic E-state index is 0.194. The van der Waals surface area contributed by atoms with E-state index in [0.29, 0.717) is 19.0 Å². The van der Waals surface area contributed by atoms with E-state index < -0.39 is 0 Å². The molecule has 3 heterocycles. The van der Waals surface area contributed by atoms with Crippen molar-refractivity contribution in [2.45, 2.75) is 31.8 Å². The minimum absolute atomic E-state index is 0.194. The van der Waals surface area contributed by atoms with Crippen LogP contribution in [0.15, 0.2) is 42.9 Å². The molecule has 1 unspecified atom stereocenters. The van der Waals surface area contributed by atoms with E-state index in [1.807, 2.05) is 11.9 Å². The summed E-state index contributed by atoms with van der Waals surface area (Å²) in [5.74, 6) is 0.194. The summed E-state index contributed by atoms with van der Waals surface area (Å²) in [6.07, 6.45) is 8.18. The molecule has 0 bridgehead atoms. The quantitative estimate of drug-likeness (QED) is 0.766. The Bertz CT molecular complexity index is 885. The van der Waals surface area contributed by atoms with Gasteiger partial charge in [0.15, 0.2) is 0 Å². The molecule has 1 amide bonds. The maximum Gasteiger partial charge on any atom is 0.224 e. The maximum atomic E-state index is 12.6. The summed E-state index contributed by atoms with van der Waals surface area (Å²) in [5.41, 5.74) is 2.34. The van der Waals surface area contributed by atoms with E-state index in [-0.39, 0.29) is 5.91 Å². The lowest BCUT2D eigenvalue weighted by atomic mass is 10.0. The molecule has 1 atom stereocenters. The molecule has 1 aromatic carbocycles. The molecule has 7 heteroatoms. The molecule has 26 heavy (non-hydrogen) atoms. The summed E-state index contributed by atoms with van der Waals surface area (Å²) in [6, 6.07) is 8.91. The van der Waals surface area contributed by atoms with Crippen LogP contribution in [0.2, 0.25) is 0 Å². The van der Waals surface area contributed by atoms with Crippen LogP contribution >= 0.6 is 0 Å². The number of aryl methyl sites for hydroxylation is 1. The number of anilines is 1. The van der Waals surface area contributed by atoms with Crippen molar-refractivity contribution in [3.63, 3.8) is 0 Å². The summed E-state index contributed by atoms with van der Waals surface area (Å²) in [4.78, 5) is 14.6. The van der Waals surface area contributed by atoms with Crippen molar-refractivity contribution in [1.29, 1.82) is 0 Å². The van der Waals surface area contributed by atoms with Crippen LogP contribution in [0.1, 0.15) is 25.3 Å². The largest absolute Gasteiger partial charge is 0.388 e. The molecule has 1 aliphatic heterocycles. The van der Waals surface area contributed by atoms with Gasteiger partial charge in [-0.3, -0.25) is 9.48 Å². The zero-order chi connectivity index (χ0) is 17.9. The van der Waals surface area contributed by atoms with Gasteiger partial charge in [-0.1, -0.05) is 5.21 Å². The van der Waals surface area contributed by atoms with Crippen molar-refractivity contribution in [3.05, 3.63) is 42.9 Å². The van der Waals surface area contributed by atoms with Crippen LogP contribution in [0.5, 0.6) is 0 Å². The van der Waals surface area contributed by atoms with E-state index in [1.54, 1.807) is 17.1 Å². The van der Waals surface area contributed by atoms with Crippen LogP contribution in [0.3, 0.4) is 0 Å². The predicted octanol–water partition coefficient (Wildman–Crippen LogP) is 2.53. The van der Waals surface area contributed by atoms with Crippen molar-refractivity contribution in [3.8, 4) is 0 Å². The summed E-state index contributed by atoms with van der Waals surface area (Å²) in [6.45, 7) is 2.20. The third-order valence-electron chi connectivity index (χ3n) is 5.18. The molecule has 0 spiro atoms. The van der Waals surface area contributed by atoms with Crippen molar-refractivity contribution >= 4 is 22.5 Å². The van der Waals surface area contributed by atoms with Gasteiger partial charge < -0.3 is 14.8 Å². The van der Waals surface area contributed by atoms with Crippen molar-refractivity contribution in [2.24, 2.45) is 0 Å². The number of hydrogen-bond acceptors (Lipinski definition) is 4. The molecular weight excluding hydrogens is 328 g/mol. The number of aromatic nitrogens is 4. The van der Waals surface area contributed by atoms with Crippen LogP contribution in [0, 0.1) is 0 Å². The number of hydrogen-bond donors (Lipinski definition) is 1. The minimum Gasteiger partial charge on any atom is -0.388 e. The van der Waals surface area contributed by atoms with Gasteiger partial charge in [0.1, 0.15) is 0 Å². The van der Waals surface area contributed by atoms with Gasteiger partial charge in [-0.15, -0.1) is 5.10 Å². The van der Waals surface area contributed by atoms with Crippen LogP contribution < -0.4 is 5.32 Å². The highest BCUT2D eigenvalue weighted by Crippen LogP contribution is 2.28. The average Bonchev–Trinajstić information content (AvgIpc) is 3.35. The second-order valence-corrected chi connectivity index (χ2v) is 6.80. The number of carbonyl (C=O) groups is 1. The maximum absolute atomic E-state index is 12.6. The van der Waals surface area contributed by atoms with E-state index in [2.05, 4.69) is 50.7 Å². The number of rotatable bonds is 5. The van der Waals surface area contributed by atoms with Crippen molar-refractivity contribution in [1.82, 2.24) is 24.5 Å². The topological polar surface area (TPSA) is 68.0 Å². The Hall–Kier alpha value is -2.83. The summed E-state index contributed by atoms with van der Waals surface area (Å²) in [7, 11) is 1.93. The highest BCUT2D eigenvalue weighted by Gasteiger charge is 2.25. The van der Waals surface area contributed by atoms with E-state index >= 15 is 0 Å². The zero-order valence-corrected chi connectivity index (χ0v) is 15.0. The number of likely N-dealkylation sites (tertiary alicyclic amines) is 1. The first-order valence-electron chi connectivity index (χ1n) is 9.15. The van der Waals surface area contributed by atoms with Gasteiger partial charge in [-0.05, 0) is 37.1 Å². The zero-order valence-electron chi connectivity index (χ0n) is 15.0. The van der Waals surface area contributed by atoms with Gasteiger partial charge in [0.2, 0.25) is 5.91 Å². The second kappa shape index (κ2) is 7.19. The fourth-order valence-electron chi connectivity index (χ4n) is 3.77. The highest BCUT2D eigenvalue weighted by atomic mass is 16.2. The fourth-order valence-corrected chi connectivity index (χ4v) is 3.77. The molecule has 3 aromatic rings. The van der Waals surface area contributed by atoms with Gasteiger partial charge in [0.05, 0.1) is 18.8 Å². The number of carbonyl (C=O) groups excluding carboxylic acids is 1. The van der Waals surface area contributed by atoms with Gasteiger partial charge in [0.25, 0.3) is 0 Å². The number of fused-ring (bicyclic) bond motifs is 1. The molecule has 0 saturated carbocycles. The van der Waals surface area contributed by atoms with Crippen molar-refractivity contribution < 1.29 is 4.79 Å². The van der Waals surface area contributed by atoms with Crippen molar-refractivity contribution in [2.75, 3.05) is 25.5 Å². The Labute approximate surface area is 152 Å². The number of benzene rings is 1. The lowest BCUT2D eigenvalue weighted by Gasteiger charge is -2.34. The van der Waals surface area contributed by atoms with Gasteiger partial charge in [-0.2, -0.15) is 0 Å². The Morgan fingerprint density at radius 2 is 2.23 bits per heavy atom. The standard InChI is InChI=1S/C19H24N6O/c1-20-16-4-5-18-15(13-16)6-11-25(18)17-3-2-9-23(14-17)19(26)7-10-24-12-8-21-22-24/h4-6,8,11-13,17,20H,2-3,7,9-10,14H2,1H3. The van der Waals surface area contributed by atoms with E-state index in [4.69, 9.17) is 0 Å². The van der Waals surface area contributed by atoms with Gasteiger partial charge in [-0.25, -0.2) is 0 Å². The average molecular weight is 352 g/mol. The molecule has 4 rings (SSSR count). The number of piperidine rings is 1. The smallest absolute Gasteiger partial charge is 0.224 e. The molecule has 7 nitrogen and oxygen atoms in total. The second-order valence-electron chi connectivity index (χ2n) is 6.80. The van der Waals surface area contributed by atoms with Crippen LogP contribution in [-0.4, -0.2) is 50.5 Å². The molecule has 0 aliphatic carbocycles. The Morgan fingerprint density at radius 1 is 1.31 bits per heavy atom. The monoisotopic (exact) mass is 352 g/mol. The molecule has 1 N–H and O–H groups in total. The molecule has 136 valence electrons. The molecule has 0 radical (unpaired) electrons. The Balaban J connectivity index is 1.45. The fraction of sp³-hybridized carbons (Fsp3) is 0.421. The first-order chi connectivity index (χ1) is 12.7. The number of nitrogens with one attached hydrogen (secondary N) is 1. The molecule has 1 aliphatic rings. The van der Waals surface area contributed by atoms with E-state index in [0.717, 1.165) is 31.6 Å². The third kappa shape index (κ3) is 3.29. The Kier molecular flexibility index (Phi) is 4.60. The van der Waals surface area contributed by atoms with E-state index in [1.165, 1.54) is 10.9 Å². The predicted molar refractivity (Wildman–Crippen MR) is 101 cm³/mol. The number of amides is 1. The summed E-state index contributed by atoms with van der Waals surface area (Å²) < 4.78 is 4.03. The highest BCUT2D eigenvalue weighted by molar-refractivity contribution is 5.84. The van der Waals surface area contributed by atoms with Crippen LogP contribution in [-0.2, 0) is 11.3 Å². The normalized spacial score (nSPS) is 17.6. The van der Waals surface area contributed by atoms with Gasteiger partial charge in [0, 0.05) is 55.5 Å². The third-order valence-corrected chi connectivity index (χ3v) is 5.18. The number of nitrogens with zero attached hydrogens (tertiary/aromatic N) is 5. The van der Waals surface area contributed by atoms with Crippen LogP contribution in [0.4, 0.5) is 5.69 Å². The van der Waals surface area contributed by atoms with E-state index in [9.17, 15) is 4.79 Å².